The lowest BCUT2D eigenvalue weighted by Gasteiger charge is -2.32. The number of benzene rings is 1. The van der Waals surface area contributed by atoms with E-state index in [9.17, 15) is 13.2 Å². The van der Waals surface area contributed by atoms with Crippen LogP contribution in [0.5, 0.6) is 0 Å². The van der Waals surface area contributed by atoms with Crippen LogP contribution in [-0.4, -0.2) is 87.8 Å². The van der Waals surface area contributed by atoms with Crippen LogP contribution >= 0.6 is 0 Å². The lowest BCUT2D eigenvalue weighted by Crippen LogP contribution is -2.45. The summed E-state index contributed by atoms with van der Waals surface area (Å²) in [5.41, 5.74) is 1.08. The minimum absolute atomic E-state index is 0.212. The Balaban J connectivity index is 1.55. The number of aryl methyl sites for hydroxylation is 1. The van der Waals surface area contributed by atoms with Gasteiger partial charge in [-0.2, -0.15) is 4.31 Å². The molecule has 0 spiro atoms. The Morgan fingerprint density at radius 1 is 1.07 bits per heavy atom. The Hall–Kier alpha value is -1.48. The molecule has 2 fully saturated rings. The Bertz CT molecular complexity index is 783. The van der Waals surface area contributed by atoms with Crippen molar-refractivity contribution in [3.63, 3.8) is 0 Å². The summed E-state index contributed by atoms with van der Waals surface area (Å²) in [7, 11) is -1.39. The van der Waals surface area contributed by atoms with Gasteiger partial charge in [-0.25, -0.2) is 8.42 Å². The largest absolute Gasteiger partial charge is 0.352 e. The van der Waals surface area contributed by atoms with Gasteiger partial charge < -0.3 is 15.1 Å². The zero-order valence-electron chi connectivity index (χ0n) is 17.0. The summed E-state index contributed by atoms with van der Waals surface area (Å²) < 4.78 is 27.3. The Morgan fingerprint density at radius 3 is 2.43 bits per heavy atom. The minimum atomic E-state index is -3.53. The average Bonchev–Trinajstić information content (AvgIpc) is 3.22. The van der Waals surface area contributed by atoms with E-state index < -0.39 is 10.0 Å². The predicted molar refractivity (Wildman–Crippen MR) is 110 cm³/mol. The molecule has 2 aliphatic heterocycles. The van der Waals surface area contributed by atoms with Crippen molar-refractivity contribution in [3.8, 4) is 0 Å². The molecule has 1 aromatic rings. The molecule has 0 aromatic heterocycles. The van der Waals surface area contributed by atoms with E-state index >= 15 is 0 Å². The maximum Gasteiger partial charge on any atom is 0.251 e. The number of nitrogens with one attached hydrogen (secondary N) is 1. The minimum Gasteiger partial charge on any atom is -0.352 e. The Morgan fingerprint density at radius 2 is 1.75 bits per heavy atom. The third-order valence-corrected chi connectivity index (χ3v) is 7.71. The van der Waals surface area contributed by atoms with Gasteiger partial charge >= 0.3 is 0 Å². The molecule has 7 nitrogen and oxygen atoms in total. The number of hydrogen-bond donors (Lipinski definition) is 1. The highest BCUT2D eigenvalue weighted by molar-refractivity contribution is 7.89. The van der Waals surface area contributed by atoms with Gasteiger partial charge in [-0.05, 0) is 57.5 Å². The summed E-state index contributed by atoms with van der Waals surface area (Å²) in [5, 5.41) is 2.93. The molecule has 156 valence electrons. The van der Waals surface area contributed by atoms with Crippen molar-refractivity contribution in [1.29, 1.82) is 0 Å². The quantitative estimate of drug-likeness (QED) is 0.685. The maximum absolute atomic E-state index is 12.9. The SMILES string of the molecule is Cc1ccc(C(=O)NCCCN2CCN(C)CC2)cc1S(=O)(=O)N1CCCC1. The van der Waals surface area contributed by atoms with Gasteiger partial charge in [-0.3, -0.25) is 4.79 Å². The first-order valence-corrected chi connectivity index (χ1v) is 11.6. The molecule has 0 aliphatic carbocycles. The molecule has 1 aromatic carbocycles. The number of hydrogen-bond acceptors (Lipinski definition) is 5. The van der Waals surface area contributed by atoms with Gasteiger partial charge in [-0.15, -0.1) is 0 Å². The number of carbonyl (C=O) groups excluding carboxylic acids is 1. The van der Waals surface area contributed by atoms with E-state index in [4.69, 9.17) is 0 Å². The van der Waals surface area contributed by atoms with Crippen molar-refractivity contribution >= 4 is 15.9 Å². The number of likely N-dealkylation sites (N-methyl/N-ethyl adjacent to an activating group) is 1. The van der Waals surface area contributed by atoms with Crippen molar-refractivity contribution in [2.24, 2.45) is 0 Å². The van der Waals surface area contributed by atoms with Crippen LogP contribution in [0.15, 0.2) is 23.1 Å². The van der Waals surface area contributed by atoms with E-state index in [2.05, 4.69) is 22.2 Å². The van der Waals surface area contributed by atoms with Crippen LogP contribution < -0.4 is 5.32 Å². The van der Waals surface area contributed by atoms with Gasteiger partial charge in [-0.1, -0.05) is 6.07 Å². The van der Waals surface area contributed by atoms with E-state index in [-0.39, 0.29) is 10.8 Å². The smallest absolute Gasteiger partial charge is 0.251 e. The van der Waals surface area contributed by atoms with Gasteiger partial charge in [0.05, 0.1) is 4.90 Å². The van der Waals surface area contributed by atoms with Crippen LogP contribution in [0.3, 0.4) is 0 Å². The van der Waals surface area contributed by atoms with Crippen LogP contribution in [0.25, 0.3) is 0 Å². The second-order valence-corrected chi connectivity index (χ2v) is 9.75. The molecular formula is C20H32N4O3S. The molecular weight excluding hydrogens is 376 g/mol. The van der Waals surface area contributed by atoms with Crippen molar-refractivity contribution < 1.29 is 13.2 Å². The fourth-order valence-electron chi connectivity index (χ4n) is 3.76. The molecule has 28 heavy (non-hydrogen) atoms. The first-order chi connectivity index (χ1) is 13.4. The molecule has 2 heterocycles. The van der Waals surface area contributed by atoms with Gasteiger partial charge in [0.2, 0.25) is 10.0 Å². The van der Waals surface area contributed by atoms with Crippen LogP contribution in [0.1, 0.15) is 35.2 Å². The highest BCUT2D eigenvalue weighted by Crippen LogP contribution is 2.24. The molecule has 1 N–H and O–H groups in total. The Kier molecular flexibility index (Phi) is 7.09. The third-order valence-electron chi connectivity index (χ3n) is 5.67. The molecule has 0 saturated carbocycles. The van der Waals surface area contributed by atoms with Crippen molar-refractivity contribution in [2.75, 3.05) is 59.4 Å². The van der Waals surface area contributed by atoms with E-state index in [1.165, 1.54) is 10.4 Å². The van der Waals surface area contributed by atoms with Crippen LogP contribution in [0.2, 0.25) is 0 Å². The van der Waals surface area contributed by atoms with Gasteiger partial charge in [0, 0.05) is 51.4 Å². The van der Waals surface area contributed by atoms with E-state index in [0.29, 0.717) is 30.8 Å². The van der Waals surface area contributed by atoms with Crippen LogP contribution in [0, 0.1) is 6.92 Å². The molecule has 1 amide bonds. The van der Waals surface area contributed by atoms with Crippen LogP contribution in [-0.2, 0) is 10.0 Å². The van der Waals surface area contributed by atoms with E-state index in [1.807, 2.05) is 0 Å². The van der Waals surface area contributed by atoms with Gasteiger partial charge in [0.25, 0.3) is 5.91 Å². The fraction of sp³-hybridized carbons (Fsp3) is 0.650. The number of rotatable bonds is 7. The monoisotopic (exact) mass is 408 g/mol. The normalized spacial score (nSPS) is 19.8. The summed E-state index contributed by atoms with van der Waals surface area (Å²) in [6.45, 7) is 8.77. The number of piperazine rings is 1. The zero-order valence-corrected chi connectivity index (χ0v) is 17.8. The zero-order chi connectivity index (χ0) is 20.1. The lowest BCUT2D eigenvalue weighted by atomic mass is 10.1. The van der Waals surface area contributed by atoms with Crippen molar-refractivity contribution in [1.82, 2.24) is 19.4 Å². The fourth-order valence-corrected chi connectivity index (χ4v) is 5.53. The molecule has 3 rings (SSSR count). The van der Waals surface area contributed by atoms with E-state index in [1.54, 1.807) is 19.1 Å². The number of carbonyl (C=O) groups is 1. The highest BCUT2D eigenvalue weighted by Gasteiger charge is 2.29. The predicted octanol–water partition coefficient (Wildman–Crippen LogP) is 1.15. The first-order valence-electron chi connectivity index (χ1n) is 10.2. The number of nitrogens with zero attached hydrogens (tertiary/aromatic N) is 3. The number of amides is 1. The third kappa shape index (κ3) is 5.11. The standard InChI is InChI=1S/C20H32N4O3S/c1-17-6-7-18(16-19(17)28(26,27)24-10-3-4-11-24)20(25)21-8-5-9-23-14-12-22(2)13-15-23/h6-7,16H,3-5,8-15H2,1-2H3,(H,21,25). The maximum atomic E-state index is 12.9. The highest BCUT2D eigenvalue weighted by atomic mass is 32.2. The summed E-state index contributed by atoms with van der Waals surface area (Å²) in [4.78, 5) is 17.5. The molecule has 0 bridgehead atoms. The molecule has 2 aliphatic rings. The van der Waals surface area contributed by atoms with Crippen LogP contribution in [0.4, 0.5) is 0 Å². The van der Waals surface area contributed by atoms with Gasteiger partial charge in [0.15, 0.2) is 0 Å². The van der Waals surface area contributed by atoms with Gasteiger partial charge in [0.1, 0.15) is 0 Å². The average molecular weight is 409 g/mol. The second kappa shape index (κ2) is 9.35. The van der Waals surface area contributed by atoms with Crippen molar-refractivity contribution in [3.05, 3.63) is 29.3 Å². The summed E-state index contributed by atoms with van der Waals surface area (Å²) >= 11 is 0. The summed E-state index contributed by atoms with van der Waals surface area (Å²) in [6, 6.07) is 4.95. The van der Waals surface area contributed by atoms with Crippen molar-refractivity contribution in [2.45, 2.75) is 31.1 Å². The van der Waals surface area contributed by atoms with E-state index in [0.717, 1.165) is 52.0 Å². The Labute approximate surface area is 168 Å². The lowest BCUT2D eigenvalue weighted by molar-refractivity contribution is 0.0949. The molecule has 2 saturated heterocycles. The summed E-state index contributed by atoms with van der Waals surface area (Å²) in [6.07, 6.45) is 2.68. The molecule has 0 unspecified atom stereocenters. The topological polar surface area (TPSA) is 73.0 Å². The molecule has 0 atom stereocenters. The summed E-state index contributed by atoms with van der Waals surface area (Å²) in [5.74, 6) is -0.212. The second-order valence-electron chi connectivity index (χ2n) is 7.85. The number of sulfonamides is 1. The molecule has 0 radical (unpaired) electrons. The molecule has 8 heteroatoms. The first kappa shape index (κ1) is 21.2.